The van der Waals surface area contributed by atoms with E-state index < -0.39 is 6.10 Å². The molecule has 0 spiro atoms. The summed E-state index contributed by atoms with van der Waals surface area (Å²) < 4.78 is 0. The molecule has 21 heavy (non-hydrogen) atoms. The van der Waals surface area contributed by atoms with E-state index in [2.05, 4.69) is 39.1 Å². The van der Waals surface area contributed by atoms with Crippen LogP contribution in [0.2, 0.25) is 0 Å². The minimum Gasteiger partial charge on any atom is -0.394 e. The van der Waals surface area contributed by atoms with Crippen molar-refractivity contribution in [3.63, 3.8) is 0 Å². The smallest absolute Gasteiger partial charge is 0.0742 e. The second-order valence-electron chi connectivity index (χ2n) is 4.70. The standard InChI is InChI=1S/2C7H8S.C3H8O2/c2*1-6-2-4-7(8)5-3-6;1-3(5)2-4/h2*2-5,8H,1H3;3-5H,2H2,1H3. The monoisotopic (exact) mass is 324 g/mol. The molecule has 0 amide bonds. The first kappa shape index (κ1) is 20.1. The topological polar surface area (TPSA) is 40.5 Å². The van der Waals surface area contributed by atoms with E-state index in [1.807, 2.05) is 48.5 Å². The molecule has 2 nitrogen and oxygen atoms in total. The number of rotatable bonds is 1. The van der Waals surface area contributed by atoms with Crippen LogP contribution in [0.25, 0.3) is 0 Å². The first-order valence-corrected chi connectivity index (χ1v) is 7.54. The highest BCUT2D eigenvalue weighted by molar-refractivity contribution is 7.80. The molecule has 1 atom stereocenters. The molecule has 0 fully saturated rings. The normalized spacial score (nSPS) is 10.6. The Kier molecular flexibility index (Phi) is 11.2. The summed E-state index contributed by atoms with van der Waals surface area (Å²) >= 11 is 8.26. The summed E-state index contributed by atoms with van der Waals surface area (Å²) in [6.07, 6.45) is -0.560. The lowest BCUT2D eigenvalue weighted by atomic mass is 10.2. The van der Waals surface area contributed by atoms with Crippen molar-refractivity contribution in [1.82, 2.24) is 0 Å². The molecule has 2 aromatic carbocycles. The number of aliphatic hydroxyl groups excluding tert-OH is 2. The lowest BCUT2D eigenvalue weighted by Gasteiger charge is -1.90. The summed E-state index contributed by atoms with van der Waals surface area (Å²) in [5.74, 6) is 0. The number of hydrogen-bond acceptors (Lipinski definition) is 4. The Bertz CT molecular complexity index is 394. The van der Waals surface area contributed by atoms with Crippen molar-refractivity contribution in [3.8, 4) is 0 Å². The third kappa shape index (κ3) is 12.5. The summed E-state index contributed by atoms with van der Waals surface area (Å²) in [7, 11) is 0. The van der Waals surface area contributed by atoms with E-state index in [1.165, 1.54) is 18.1 Å². The summed E-state index contributed by atoms with van der Waals surface area (Å²) in [4.78, 5) is 2.05. The predicted molar refractivity (Wildman–Crippen MR) is 95.6 cm³/mol. The van der Waals surface area contributed by atoms with Crippen LogP contribution in [-0.2, 0) is 0 Å². The van der Waals surface area contributed by atoms with Gasteiger partial charge in [0.15, 0.2) is 0 Å². The van der Waals surface area contributed by atoms with Gasteiger partial charge in [-0.2, -0.15) is 0 Å². The molecule has 2 N–H and O–H groups in total. The van der Waals surface area contributed by atoms with Crippen LogP contribution in [0, 0.1) is 13.8 Å². The van der Waals surface area contributed by atoms with Crippen molar-refractivity contribution in [2.75, 3.05) is 6.61 Å². The zero-order valence-electron chi connectivity index (χ0n) is 12.7. The van der Waals surface area contributed by atoms with E-state index in [0.29, 0.717) is 0 Å². The van der Waals surface area contributed by atoms with Crippen molar-refractivity contribution in [2.45, 2.75) is 36.7 Å². The highest BCUT2D eigenvalue weighted by Gasteiger charge is 1.83. The van der Waals surface area contributed by atoms with Crippen LogP contribution in [0.4, 0.5) is 0 Å². The molecule has 4 heteroatoms. The summed E-state index contributed by atoms with van der Waals surface area (Å²) in [5.41, 5.74) is 2.56. The molecule has 2 rings (SSSR count). The minimum absolute atomic E-state index is 0.139. The van der Waals surface area contributed by atoms with Crippen molar-refractivity contribution in [1.29, 1.82) is 0 Å². The lowest BCUT2D eigenvalue weighted by molar-refractivity contribution is 0.110. The van der Waals surface area contributed by atoms with Crippen molar-refractivity contribution >= 4 is 25.3 Å². The molecule has 116 valence electrons. The first-order chi connectivity index (χ1) is 9.85. The predicted octanol–water partition coefficient (Wildman–Crippen LogP) is 3.93. The van der Waals surface area contributed by atoms with Crippen LogP contribution in [-0.4, -0.2) is 22.9 Å². The van der Waals surface area contributed by atoms with Crippen LogP contribution in [0.5, 0.6) is 0 Å². The van der Waals surface area contributed by atoms with Crippen LogP contribution in [0.1, 0.15) is 18.1 Å². The summed E-state index contributed by atoms with van der Waals surface area (Å²) in [6.45, 7) is 5.51. The SMILES string of the molecule is CC(O)CO.Cc1ccc(S)cc1.Cc1ccc(S)cc1. The van der Waals surface area contributed by atoms with Gasteiger partial charge in [-0.3, -0.25) is 0 Å². The van der Waals surface area contributed by atoms with Gasteiger partial charge in [0.1, 0.15) is 0 Å². The Labute approximate surface area is 138 Å². The molecular weight excluding hydrogens is 300 g/mol. The zero-order valence-corrected chi connectivity index (χ0v) is 14.5. The molecule has 0 radical (unpaired) electrons. The van der Waals surface area contributed by atoms with Gasteiger partial charge in [0.2, 0.25) is 0 Å². The van der Waals surface area contributed by atoms with Gasteiger partial charge in [0.25, 0.3) is 0 Å². The van der Waals surface area contributed by atoms with E-state index in [9.17, 15) is 0 Å². The Morgan fingerprint density at radius 3 is 1.19 bits per heavy atom. The van der Waals surface area contributed by atoms with Crippen LogP contribution >= 0.6 is 25.3 Å². The average Bonchev–Trinajstić information content (AvgIpc) is 2.46. The Balaban J connectivity index is 0.000000296. The number of aryl methyl sites for hydroxylation is 2. The molecule has 0 aliphatic carbocycles. The molecule has 1 unspecified atom stereocenters. The van der Waals surface area contributed by atoms with E-state index in [4.69, 9.17) is 10.2 Å². The highest BCUT2D eigenvalue weighted by atomic mass is 32.1. The minimum atomic E-state index is -0.560. The average molecular weight is 325 g/mol. The largest absolute Gasteiger partial charge is 0.394 e. The summed E-state index contributed by atoms with van der Waals surface area (Å²) in [5, 5.41) is 16.0. The van der Waals surface area contributed by atoms with Crippen molar-refractivity contribution < 1.29 is 10.2 Å². The van der Waals surface area contributed by atoms with Gasteiger partial charge in [-0.1, -0.05) is 35.4 Å². The zero-order chi connectivity index (χ0) is 16.3. The molecule has 0 saturated carbocycles. The van der Waals surface area contributed by atoms with Crippen LogP contribution < -0.4 is 0 Å². The van der Waals surface area contributed by atoms with Gasteiger partial charge in [0, 0.05) is 9.79 Å². The van der Waals surface area contributed by atoms with Crippen molar-refractivity contribution in [2.24, 2.45) is 0 Å². The van der Waals surface area contributed by atoms with E-state index >= 15 is 0 Å². The number of aliphatic hydroxyl groups is 2. The fourth-order valence-corrected chi connectivity index (χ4v) is 1.39. The summed E-state index contributed by atoms with van der Waals surface area (Å²) in [6, 6.07) is 16.1. The van der Waals surface area contributed by atoms with E-state index in [0.717, 1.165) is 9.79 Å². The van der Waals surface area contributed by atoms with Gasteiger partial charge in [-0.25, -0.2) is 0 Å². The third-order valence-electron chi connectivity index (χ3n) is 2.33. The third-order valence-corrected chi connectivity index (χ3v) is 2.93. The lowest BCUT2D eigenvalue weighted by Crippen LogP contribution is -2.03. The maximum atomic E-state index is 8.11. The van der Waals surface area contributed by atoms with E-state index in [1.54, 1.807) is 0 Å². The fraction of sp³-hybridized carbons (Fsp3) is 0.294. The molecule has 0 aliphatic rings. The maximum absolute atomic E-state index is 8.11. The quantitative estimate of drug-likeness (QED) is 0.600. The highest BCUT2D eigenvalue weighted by Crippen LogP contribution is 2.06. The maximum Gasteiger partial charge on any atom is 0.0742 e. The molecule has 0 aromatic heterocycles. The molecule has 0 heterocycles. The number of benzene rings is 2. The fourth-order valence-electron chi connectivity index (χ4n) is 1.09. The van der Waals surface area contributed by atoms with Crippen molar-refractivity contribution in [3.05, 3.63) is 59.7 Å². The van der Waals surface area contributed by atoms with Gasteiger partial charge >= 0.3 is 0 Å². The molecular formula is C17H24O2S2. The second-order valence-corrected chi connectivity index (χ2v) is 5.74. The van der Waals surface area contributed by atoms with Gasteiger partial charge < -0.3 is 10.2 Å². The molecule has 0 aliphatic heterocycles. The molecule has 0 saturated heterocycles. The Morgan fingerprint density at radius 2 is 1.05 bits per heavy atom. The second kappa shape index (κ2) is 11.7. The number of hydrogen-bond donors (Lipinski definition) is 4. The Morgan fingerprint density at radius 1 is 0.810 bits per heavy atom. The molecule has 2 aromatic rings. The van der Waals surface area contributed by atoms with Crippen LogP contribution in [0.15, 0.2) is 58.3 Å². The van der Waals surface area contributed by atoms with Gasteiger partial charge in [-0.15, -0.1) is 25.3 Å². The number of thiol groups is 2. The van der Waals surface area contributed by atoms with Gasteiger partial charge in [-0.05, 0) is 45.0 Å². The van der Waals surface area contributed by atoms with Gasteiger partial charge in [0.05, 0.1) is 12.7 Å². The van der Waals surface area contributed by atoms with Crippen LogP contribution in [0.3, 0.4) is 0 Å². The van der Waals surface area contributed by atoms with E-state index in [-0.39, 0.29) is 6.61 Å². The molecule has 0 bridgehead atoms. The Hall–Kier alpha value is -0.940. The first-order valence-electron chi connectivity index (χ1n) is 6.65.